The molecular weight excluding hydrogens is 212 g/mol. The van der Waals surface area contributed by atoms with Gasteiger partial charge in [-0.3, -0.25) is 5.41 Å². The zero-order valence-electron chi connectivity index (χ0n) is 7.99. The van der Waals surface area contributed by atoms with Crippen LogP contribution in [0, 0.1) is 5.41 Å². The lowest BCUT2D eigenvalue weighted by Gasteiger charge is -2.01. The van der Waals surface area contributed by atoms with E-state index in [1.54, 1.807) is 11.3 Å². The summed E-state index contributed by atoms with van der Waals surface area (Å²) in [4.78, 5) is 0.653. The highest BCUT2D eigenvalue weighted by Crippen LogP contribution is 2.16. The third kappa shape index (κ3) is 1.72. The number of fused-ring (bicyclic) bond motifs is 1. The molecule has 4 heteroatoms. The molecule has 0 atom stereocenters. The van der Waals surface area contributed by atoms with E-state index in [0.29, 0.717) is 4.80 Å². The Balaban J connectivity index is 2.51. The van der Waals surface area contributed by atoms with Crippen LogP contribution < -0.4 is 4.80 Å². The predicted octanol–water partition coefficient (Wildman–Crippen LogP) is 2.55. The van der Waals surface area contributed by atoms with Crippen LogP contribution in [0.1, 0.15) is 0 Å². The summed E-state index contributed by atoms with van der Waals surface area (Å²) in [7, 11) is 0. The minimum absolute atomic E-state index is 0.653. The van der Waals surface area contributed by atoms with Gasteiger partial charge in [-0.2, -0.15) is 11.8 Å². The van der Waals surface area contributed by atoms with E-state index in [1.807, 2.05) is 23.9 Å². The first-order valence-electron chi connectivity index (χ1n) is 4.45. The Kier molecular flexibility index (Phi) is 2.93. The lowest BCUT2D eigenvalue weighted by atomic mass is 10.3. The van der Waals surface area contributed by atoms with E-state index in [0.717, 1.165) is 12.3 Å². The Morgan fingerprint density at radius 3 is 3.00 bits per heavy atom. The molecule has 1 aromatic heterocycles. The molecule has 2 nitrogen and oxygen atoms in total. The Hall–Kier alpha value is -0.740. The van der Waals surface area contributed by atoms with Crippen LogP contribution in [-0.4, -0.2) is 16.6 Å². The van der Waals surface area contributed by atoms with Gasteiger partial charge in [-0.15, -0.1) is 0 Å². The maximum absolute atomic E-state index is 7.85. The van der Waals surface area contributed by atoms with E-state index < -0.39 is 0 Å². The number of hydrogen-bond donors (Lipinski definition) is 1. The van der Waals surface area contributed by atoms with Crippen LogP contribution in [0.3, 0.4) is 0 Å². The predicted molar refractivity (Wildman–Crippen MR) is 64.1 cm³/mol. The van der Waals surface area contributed by atoms with Crippen LogP contribution >= 0.6 is 23.1 Å². The van der Waals surface area contributed by atoms with Gasteiger partial charge in [0, 0.05) is 12.3 Å². The van der Waals surface area contributed by atoms with Crippen LogP contribution in [0.5, 0.6) is 0 Å². The first kappa shape index (κ1) is 9.80. The summed E-state index contributed by atoms with van der Waals surface area (Å²) in [6.07, 6.45) is 2.10. The van der Waals surface area contributed by atoms with Gasteiger partial charge in [0.15, 0.2) is 4.80 Å². The van der Waals surface area contributed by atoms with E-state index in [4.69, 9.17) is 5.41 Å². The maximum Gasteiger partial charge on any atom is 0.182 e. The highest BCUT2D eigenvalue weighted by Gasteiger charge is 2.02. The molecule has 2 aromatic rings. The van der Waals surface area contributed by atoms with Gasteiger partial charge in [-0.1, -0.05) is 23.5 Å². The van der Waals surface area contributed by atoms with Crippen LogP contribution in [0.4, 0.5) is 0 Å². The average Bonchev–Trinajstić information content (AvgIpc) is 2.51. The first-order valence-corrected chi connectivity index (χ1v) is 6.66. The van der Waals surface area contributed by atoms with Gasteiger partial charge in [0.25, 0.3) is 0 Å². The number of nitrogens with zero attached hydrogens (tertiary/aromatic N) is 1. The highest BCUT2D eigenvalue weighted by atomic mass is 32.2. The molecule has 0 radical (unpaired) electrons. The van der Waals surface area contributed by atoms with Crippen molar-refractivity contribution in [3.05, 3.63) is 29.1 Å². The molecule has 0 saturated heterocycles. The first-order chi connectivity index (χ1) is 6.83. The Bertz CT molecular complexity index is 484. The summed E-state index contributed by atoms with van der Waals surface area (Å²) >= 11 is 3.37. The quantitative estimate of drug-likeness (QED) is 0.853. The van der Waals surface area contributed by atoms with E-state index in [2.05, 4.69) is 23.0 Å². The zero-order valence-corrected chi connectivity index (χ0v) is 9.62. The third-order valence-electron chi connectivity index (χ3n) is 2.13. The molecule has 0 fully saturated rings. The molecule has 1 heterocycles. The van der Waals surface area contributed by atoms with Crippen molar-refractivity contribution in [2.75, 3.05) is 12.0 Å². The largest absolute Gasteiger partial charge is 0.316 e. The number of thiazole rings is 1. The van der Waals surface area contributed by atoms with Gasteiger partial charge in [0.05, 0.1) is 10.2 Å². The van der Waals surface area contributed by atoms with Gasteiger partial charge in [0.1, 0.15) is 0 Å². The van der Waals surface area contributed by atoms with Crippen LogP contribution in [0.2, 0.25) is 0 Å². The third-order valence-corrected chi connectivity index (χ3v) is 3.70. The second-order valence-electron chi connectivity index (χ2n) is 3.02. The molecule has 1 aromatic carbocycles. The lowest BCUT2D eigenvalue weighted by Crippen LogP contribution is -2.14. The topological polar surface area (TPSA) is 28.8 Å². The molecule has 0 aliphatic heterocycles. The fourth-order valence-corrected chi connectivity index (χ4v) is 2.74. The second kappa shape index (κ2) is 4.19. The summed E-state index contributed by atoms with van der Waals surface area (Å²) < 4.78 is 3.29. The molecule has 0 saturated carbocycles. The smallest absolute Gasteiger partial charge is 0.182 e. The van der Waals surface area contributed by atoms with Crippen LogP contribution in [0.15, 0.2) is 24.3 Å². The van der Waals surface area contributed by atoms with Crippen molar-refractivity contribution in [3.63, 3.8) is 0 Å². The molecule has 1 N–H and O–H groups in total. The number of aryl methyl sites for hydroxylation is 1. The molecule has 14 heavy (non-hydrogen) atoms. The van der Waals surface area contributed by atoms with Crippen LogP contribution in [0.25, 0.3) is 10.2 Å². The summed E-state index contributed by atoms with van der Waals surface area (Å²) in [5.41, 5.74) is 1.19. The number of aromatic nitrogens is 1. The van der Waals surface area contributed by atoms with Gasteiger partial charge >= 0.3 is 0 Å². The number of hydrogen-bond acceptors (Lipinski definition) is 3. The Labute approximate surface area is 91.1 Å². The fourth-order valence-electron chi connectivity index (χ4n) is 1.44. The number of thioether (sulfide) groups is 1. The van der Waals surface area contributed by atoms with Gasteiger partial charge < -0.3 is 4.57 Å². The van der Waals surface area contributed by atoms with E-state index in [1.165, 1.54) is 10.2 Å². The van der Waals surface area contributed by atoms with Crippen molar-refractivity contribution in [1.29, 1.82) is 5.41 Å². The number of para-hydroxylation sites is 1. The summed E-state index contributed by atoms with van der Waals surface area (Å²) in [5, 5.41) is 7.85. The fraction of sp³-hybridized carbons (Fsp3) is 0.300. The van der Waals surface area contributed by atoms with Gasteiger partial charge in [-0.25, -0.2) is 0 Å². The van der Waals surface area contributed by atoms with Crippen molar-refractivity contribution in [2.45, 2.75) is 6.54 Å². The molecule has 74 valence electrons. The highest BCUT2D eigenvalue weighted by molar-refractivity contribution is 7.98. The minimum Gasteiger partial charge on any atom is -0.316 e. The second-order valence-corrected chi connectivity index (χ2v) is 5.04. The molecule has 0 aliphatic rings. The van der Waals surface area contributed by atoms with Crippen molar-refractivity contribution in [2.24, 2.45) is 0 Å². The van der Waals surface area contributed by atoms with Crippen molar-refractivity contribution in [1.82, 2.24) is 4.57 Å². The van der Waals surface area contributed by atoms with Gasteiger partial charge in [-0.05, 0) is 18.4 Å². The monoisotopic (exact) mass is 224 g/mol. The van der Waals surface area contributed by atoms with E-state index in [9.17, 15) is 0 Å². The van der Waals surface area contributed by atoms with Crippen molar-refractivity contribution >= 4 is 33.3 Å². The summed E-state index contributed by atoms with van der Waals surface area (Å²) in [6.45, 7) is 0.935. The molecule has 0 aliphatic carbocycles. The normalized spacial score (nSPS) is 10.9. The molecular formula is C10H12N2S2. The average molecular weight is 224 g/mol. The summed E-state index contributed by atoms with van der Waals surface area (Å²) in [6, 6.07) is 8.22. The van der Waals surface area contributed by atoms with Gasteiger partial charge in [0.2, 0.25) is 0 Å². The minimum atomic E-state index is 0.653. The van der Waals surface area contributed by atoms with Crippen LogP contribution in [-0.2, 0) is 6.54 Å². The molecule has 2 rings (SSSR count). The number of nitrogens with one attached hydrogen (secondary N) is 1. The SMILES string of the molecule is CSCCn1c(=N)sc2ccccc21. The molecule has 0 amide bonds. The maximum atomic E-state index is 7.85. The van der Waals surface area contributed by atoms with E-state index >= 15 is 0 Å². The Morgan fingerprint density at radius 2 is 2.21 bits per heavy atom. The number of rotatable bonds is 3. The molecule has 0 unspecified atom stereocenters. The zero-order chi connectivity index (χ0) is 9.97. The van der Waals surface area contributed by atoms with Crippen molar-refractivity contribution in [3.8, 4) is 0 Å². The Morgan fingerprint density at radius 1 is 1.43 bits per heavy atom. The molecule has 0 spiro atoms. The standard InChI is InChI=1S/C10H12N2S2/c1-13-7-6-12-8-4-2-3-5-9(8)14-10(12)11/h2-5,11H,6-7H2,1H3. The number of benzene rings is 1. The lowest BCUT2D eigenvalue weighted by molar-refractivity contribution is 0.764. The van der Waals surface area contributed by atoms with Crippen molar-refractivity contribution < 1.29 is 0 Å². The molecule has 0 bridgehead atoms. The summed E-state index contributed by atoms with van der Waals surface area (Å²) in [5.74, 6) is 1.07. The van der Waals surface area contributed by atoms with E-state index in [-0.39, 0.29) is 0 Å².